The lowest BCUT2D eigenvalue weighted by Gasteiger charge is -2.02. The fraction of sp³-hybridized carbons (Fsp3) is 0.100. The molecule has 3 heterocycles. The minimum Gasteiger partial charge on any atom is -0.375 e. The van der Waals surface area contributed by atoms with E-state index in [0.29, 0.717) is 22.0 Å². The molecule has 0 radical (unpaired) electrons. The number of fused-ring (bicyclic) bond motifs is 1. The minimum absolute atomic E-state index is 0.0906. The van der Waals surface area contributed by atoms with Gasteiger partial charge in [-0.3, -0.25) is 10.1 Å². The number of amides is 1. The molecule has 3 rings (SSSR count). The number of imidazole rings is 1. The molecule has 10 heteroatoms. The monoisotopic (exact) mass is 309 g/mol. The van der Waals surface area contributed by atoms with Gasteiger partial charge in [-0.25, -0.2) is 9.97 Å². The Balaban J connectivity index is 1.77. The second kappa shape index (κ2) is 5.02. The Morgan fingerprint density at radius 3 is 3.05 bits per heavy atom. The van der Waals surface area contributed by atoms with Crippen LogP contribution in [0.4, 0.5) is 11.1 Å². The summed E-state index contributed by atoms with van der Waals surface area (Å²) in [5.74, 6) is -0.205. The molecule has 3 aromatic rings. The maximum atomic E-state index is 11.8. The summed E-state index contributed by atoms with van der Waals surface area (Å²) in [7, 11) is 0. The largest absolute Gasteiger partial charge is 0.375 e. The van der Waals surface area contributed by atoms with Crippen molar-refractivity contribution in [3.8, 4) is 0 Å². The molecule has 1 amide bonds. The molecule has 0 unspecified atom stereocenters. The summed E-state index contributed by atoms with van der Waals surface area (Å²) in [6, 6.07) is 0. The van der Waals surface area contributed by atoms with Gasteiger partial charge in [0.2, 0.25) is 11.9 Å². The van der Waals surface area contributed by atoms with Gasteiger partial charge >= 0.3 is 0 Å². The van der Waals surface area contributed by atoms with Crippen LogP contribution in [0.3, 0.4) is 0 Å². The van der Waals surface area contributed by atoms with E-state index in [0.717, 1.165) is 0 Å². The Kier molecular flexibility index (Phi) is 3.20. The van der Waals surface area contributed by atoms with E-state index in [4.69, 9.17) is 17.3 Å². The second-order valence-electron chi connectivity index (χ2n) is 3.84. The average molecular weight is 310 g/mol. The molecule has 8 nitrogen and oxygen atoms in total. The number of hydrogen-bond donors (Lipinski definition) is 3. The molecule has 0 aromatic carbocycles. The number of aromatic amines is 1. The predicted molar refractivity (Wildman–Crippen MR) is 75.6 cm³/mol. The number of nitrogens with two attached hydrogens (primary N) is 1. The molecule has 0 aliphatic rings. The average Bonchev–Trinajstić information content (AvgIpc) is 2.98. The topological polar surface area (TPSA) is 122 Å². The smallest absolute Gasteiger partial charge is 0.233 e. The number of nitrogen functional groups attached to an aromatic ring is 1. The normalized spacial score (nSPS) is 10.8. The van der Waals surface area contributed by atoms with Gasteiger partial charge < -0.3 is 10.7 Å². The van der Waals surface area contributed by atoms with Crippen molar-refractivity contribution in [3.63, 3.8) is 0 Å². The molecule has 0 bridgehead atoms. The van der Waals surface area contributed by atoms with Gasteiger partial charge in [-0.2, -0.15) is 9.97 Å². The van der Waals surface area contributed by atoms with E-state index >= 15 is 0 Å². The standard InChI is InChI=1S/C10H8ClN7OS/c11-7-6-8(14-3-13-6)18-10(17-7)16-5(19)1-4-2-20-9(12)15-4/h2-3H,1H2,(H2,12,15)(H2,13,14,16,17,18,19). The number of carbonyl (C=O) groups is 1. The van der Waals surface area contributed by atoms with Gasteiger partial charge in [-0.1, -0.05) is 11.6 Å². The highest BCUT2D eigenvalue weighted by molar-refractivity contribution is 7.13. The molecule has 0 aliphatic heterocycles. The lowest BCUT2D eigenvalue weighted by Crippen LogP contribution is -2.16. The molecule has 0 spiro atoms. The maximum absolute atomic E-state index is 11.8. The van der Waals surface area contributed by atoms with Crippen LogP contribution >= 0.6 is 22.9 Å². The van der Waals surface area contributed by atoms with Gasteiger partial charge in [0.05, 0.1) is 18.4 Å². The molecule has 0 saturated carbocycles. The third kappa shape index (κ3) is 2.53. The molecule has 102 valence electrons. The van der Waals surface area contributed by atoms with E-state index in [9.17, 15) is 4.79 Å². The SMILES string of the molecule is Nc1nc(CC(=O)Nc2nc(Cl)c3[nH]cnc3n2)cs1. The number of rotatable bonds is 3. The minimum atomic E-state index is -0.304. The van der Waals surface area contributed by atoms with Crippen LogP contribution in [0.1, 0.15) is 5.69 Å². The van der Waals surface area contributed by atoms with Gasteiger partial charge in [-0.15, -0.1) is 11.3 Å². The Bertz CT molecular complexity index is 783. The Labute approximate surface area is 121 Å². The van der Waals surface area contributed by atoms with Crippen molar-refractivity contribution in [1.29, 1.82) is 0 Å². The molecule has 0 fully saturated rings. The summed E-state index contributed by atoms with van der Waals surface area (Å²) >= 11 is 7.23. The van der Waals surface area contributed by atoms with E-state index in [2.05, 4.69) is 30.2 Å². The lowest BCUT2D eigenvalue weighted by atomic mass is 10.3. The molecular formula is C10H8ClN7OS. The van der Waals surface area contributed by atoms with Crippen molar-refractivity contribution in [2.45, 2.75) is 6.42 Å². The van der Waals surface area contributed by atoms with Gasteiger partial charge in [0, 0.05) is 5.38 Å². The third-order valence-electron chi connectivity index (χ3n) is 2.40. The molecular weight excluding hydrogens is 302 g/mol. The van der Waals surface area contributed by atoms with Crippen molar-refractivity contribution < 1.29 is 4.79 Å². The zero-order valence-electron chi connectivity index (χ0n) is 9.92. The molecule has 3 aromatic heterocycles. The predicted octanol–water partition coefficient (Wildman–Crippen LogP) is 1.23. The zero-order chi connectivity index (χ0) is 14.1. The van der Waals surface area contributed by atoms with Crippen molar-refractivity contribution in [3.05, 3.63) is 22.6 Å². The first-order valence-electron chi connectivity index (χ1n) is 5.48. The summed E-state index contributed by atoms with van der Waals surface area (Å²) in [6.07, 6.45) is 1.54. The van der Waals surface area contributed by atoms with Crippen LogP contribution in [0, 0.1) is 0 Å². The molecule has 4 N–H and O–H groups in total. The summed E-state index contributed by atoms with van der Waals surface area (Å²) in [5.41, 5.74) is 7.01. The third-order valence-corrected chi connectivity index (χ3v) is 3.40. The van der Waals surface area contributed by atoms with E-state index in [1.165, 1.54) is 17.7 Å². The van der Waals surface area contributed by atoms with Gasteiger partial charge in [0.25, 0.3) is 0 Å². The summed E-state index contributed by atoms with van der Waals surface area (Å²) in [6.45, 7) is 0. The molecule has 20 heavy (non-hydrogen) atoms. The van der Waals surface area contributed by atoms with E-state index < -0.39 is 0 Å². The maximum Gasteiger partial charge on any atom is 0.233 e. The van der Waals surface area contributed by atoms with Crippen LogP contribution < -0.4 is 11.1 Å². The van der Waals surface area contributed by atoms with E-state index in [1.54, 1.807) is 5.38 Å². The quantitative estimate of drug-likeness (QED) is 0.625. The molecule has 0 saturated heterocycles. The highest BCUT2D eigenvalue weighted by Crippen LogP contribution is 2.18. The first-order valence-corrected chi connectivity index (χ1v) is 6.74. The van der Waals surface area contributed by atoms with Gasteiger partial charge in [-0.05, 0) is 0 Å². The highest BCUT2D eigenvalue weighted by Gasteiger charge is 2.12. The van der Waals surface area contributed by atoms with Crippen molar-refractivity contribution >= 4 is 51.1 Å². The van der Waals surface area contributed by atoms with Gasteiger partial charge in [0.15, 0.2) is 15.9 Å². The lowest BCUT2D eigenvalue weighted by molar-refractivity contribution is -0.115. The Morgan fingerprint density at radius 1 is 1.45 bits per heavy atom. The van der Waals surface area contributed by atoms with Crippen LogP contribution in [-0.4, -0.2) is 30.8 Å². The highest BCUT2D eigenvalue weighted by atomic mass is 35.5. The van der Waals surface area contributed by atoms with Crippen LogP contribution in [0.15, 0.2) is 11.7 Å². The molecule has 0 aliphatic carbocycles. The number of nitrogens with zero attached hydrogens (tertiary/aromatic N) is 4. The summed E-state index contributed by atoms with van der Waals surface area (Å²) in [5, 5.41) is 4.89. The summed E-state index contributed by atoms with van der Waals surface area (Å²) < 4.78 is 0. The van der Waals surface area contributed by atoms with Crippen LogP contribution in [0.25, 0.3) is 11.2 Å². The van der Waals surface area contributed by atoms with Crippen LogP contribution in [-0.2, 0) is 11.2 Å². The Morgan fingerprint density at radius 2 is 2.30 bits per heavy atom. The Hall–Kier alpha value is -2.26. The number of hydrogen-bond acceptors (Lipinski definition) is 7. The van der Waals surface area contributed by atoms with Crippen LogP contribution in [0.5, 0.6) is 0 Å². The second-order valence-corrected chi connectivity index (χ2v) is 5.09. The number of aromatic nitrogens is 5. The van der Waals surface area contributed by atoms with Crippen molar-refractivity contribution in [2.24, 2.45) is 0 Å². The first-order chi connectivity index (χ1) is 9.61. The van der Waals surface area contributed by atoms with Crippen molar-refractivity contribution in [1.82, 2.24) is 24.9 Å². The van der Waals surface area contributed by atoms with Crippen LogP contribution in [0.2, 0.25) is 5.15 Å². The zero-order valence-corrected chi connectivity index (χ0v) is 11.5. The number of H-pyrrole nitrogens is 1. The summed E-state index contributed by atoms with van der Waals surface area (Å²) in [4.78, 5) is 30.7. The number of halogens is 1. The fourth-order valence-electron chi connectivity index (χ4n) is 1.59. The number of thiazole rings is 1. The van der Waals surface area contributed by atoms with E-state index in [-0.39, 0.29) is 23.4 Å². The number of nitrogens with one attached hydrogen (secondary N) is 2. The van der Waals surface area contributed by atoms with Gasteiger partial charge in [0.1, 0.15) is 5.52 Å². The number of anilines is 2. The van der Waals surface area contributed by atoms with E-state index in [1.807, 2.05) is 0 Å². The first kappa shape index (κ1) is 12.8. The molecule has 0 atom stereocenters. The number of carbonyl (C=O) groups excluding carboxylic acids is 1. The van der Waals surface area contributed by atoms with Crippen molar-refractivity contribution in [2.75, 3.05) is 11.1 Å². The fourth-order valence-corrected chi connectivity index (χ4v) is 2.37.